The Morgan fingerprint density at radius 2 is 2.17 bits per heavy atom. The SMILES string of the molecule is CCn1cc(C(=O)N(Cc2ccccc2[N+](=O)[O-])C2CC2)cn1. The van der Waals surface area contributed by atoms with E-state index in [9.17, 15) is 14.9 Å². The van der Waals surface area contributed by atoms with Gasteiger partial charge in [0.1, 0.15) is 0 Å². The Bertz CT molecular complexity index is 736. The number of para-hydroxylation sites is 1. The van der Waals surface area contributed by atoms with Crippen molar-refractivity contribution in [1.82, 2.24) is 14.7 Å². The predicted octanol–water partition coefficient (Wildman–Crippen LogP) is 2.62. The van der Waals surface area contributed by atoms with Crippen LogP contribution in [0, 0.1) is 10.1 Å². The van der Waals surface area contributed by atoms with E-state index in [4.69, 9.17) is 0 Å². The molecular weight excluding hydrogens is 296 g/mol. The number of benzene rings is 1. The van der Waals surface area contributed by atoms with Crippen LogP contribution >= 0.6 is 0 Å². The molecule has 0 aliphatic heterocycles. The molecule has 0 bridgehead atoms. The van der Waals surface area contributed by atoms with E-state index in [1.807, 2.05) is 6.92 Å². The third-order valence-corrected chi connectivity index (χ3v) is 3.98. The van der Waals surface area contributed by atoms with Gasteiger partial charge >= 0.3 is 0 Å². The molecule has 120 valence electrons. The Labute approximate surface area is 133 Å². The van der Waals surface area contributed by atoms with Crippen LogP contribution in [0.4, 0.5) is 5.69 Å². The second kappa shape index (κ2) is 6.20. The summed E-state index contributed by atoms with van der Waals surface area (Å²) in [4.78, 5) is 25.2. The molecule has 1 aliphatic carbocycles. The second-order valence-electron chi connectivity index (χ2n) is 5.63. The van der Waals surface area contributed by atoms with E-state index in [2.05, 4.69) is 5.10 Å². The van der Waals surface area contributed by atoms with Gasteiger partial charge in [0.2, 0.25) is 0 Å². The Balaban J connectivity index is 1.85. The van der Waals surface area contributed by atoms with Crippen LogP contribution in [0.3, 0.4) is 0 Å². The van der Waals surface area contributed by atoms with Crippen LogP contribution in [-0.4, -0.2) is 31.6 Å². The number of nitrogens with zero attached hydrogens (tertiary/aromatic N) is 4. The molecule has 1 fully saturated rings. The lowest BCUT2D eigenvalue weighted by atomic mass is 10.1. The number of aromatic nitrogens is 2. The second-order valence-corrected chi connectivity index (χ2v) is 5.63. The fourth-order valence-corrected chi connectivity index (χ4v) is 2.57. The van der Waals surface area contributed by atoms with Crippen molar-refractivity contribution < 1.29 is 9.72 Å². The van der Waals surface area contributed by atoms with Crippen molar-refractivity contribution in [1.29, 1.82) is 0 Å². The summed E-state index contributed by atoms with van der Waals surface area (Å²) in [6.45, 7) is 2.89. The van der Waals surface area contributed by atoms with Crippen molar-refractivity contribution in [3.63, 3.8) is 0 Å². The van der Waals surface area contributed by atoms with Gasteiger partial charge in [0.15, 0.2) is 0 Å². The molecule has 0 radical (unpaired) electrons. The molecule has 0 spiro atoms. The molecule has 1 heterocycles. The summed E-state index contributed by atoms with van der Waals surface area (Å²) in [6, 6.07) is 6.73. The molecule has 3 rings (SSSR count). The summed E-state index contributed by atoms with van der Waals surface area (Å²) in [5.41, 5.74) is 1.13. The molecule has 0 N–H and O–H groups in total. The lowest BCUT2D eigenvalue weighted by Crippen LogP contribution is -2.32. The highest BCUT2D eigenvalue weighted by molar-refractivity contribution is 5.94. The minimum Gasteiger partial charge on any atom is -0.331 e. The third kappa shape index (κ3) is 3.23. The maximum absolute atomic E-state index is 12.7. The summed E-state index contributed by atoms with van der Waals surface area (Å²) in [7, 11) is 0. The third-order valence-electron chi connectivity index (χ3n) is 3.98. The van der Waals surface area contributed by atoms with Crippen molar-refractivity contribution in [3.05, 3.63) is 57.9 Å². The summed E-state index contributed by atoms with van der Waals surface area (Å²) in [6.07, 6.45) is 5.15. The summed E-state index contributed by atoms with van der Waals surface area (Å²) in [5.74, 6) is -0.120. The average molecular weight is 314 g/mol. The maximum Gasteiger partial charge on any atom is 0.274 e. The molecule has 1 saturated carbocycles. The minimum absolute atomic E-state index is 0.0511. The number of nitro benzene ring substituents is 1. The predicted molar refractivity (Wildman–Crippen MR) is 83.9 cm³/mol. The van der Waals surface area contributed by atoms with Crippen molar-refractivity contribution in [2.75, 3.05) is 0 Å². The molecule has 1 aliphatic rings. The topological polar surface area (TPSA) is 81.3 Å². The Hall–Kier alpha value is -2.70. The number of hydrogen-bond donors (Lipinski definition) is 0. The summed E-state index contributed by atoms with van der Waals surface area (Å²) >= 11 is 0. The van der Waals surface area contributed by atoms with Gasteiger partial charge < -0.3 is 4.90 Å². The molecule has 1 amide bonds. The van der Waals surface area contributed by atoms with Gasteiger partial charge in [-0.2, -0.15) is 5.10 Å². The number of carbonyl (C=O) groups is 1. The summed E-state index contributed by atoms with van der Waals surface area (Å²) < 4.78 is 1.70. The maximum atomic E-state index is 12.7. The van der Waals surface area contributed by atoms with Crippen LogP contribution in [0.15, 0.2) is 36.7 Å². The fourth-order valence-electron chi connectivity index (χ4n) is 2.57. The van der Waals surface area contributed by atoms with Gasteiger partial charge in [-0.15, -0.1) is 0 Å². The molecule has 1 aromatic carbocycles. The Kier molecular flexibility index (Phi) is 4.10. The molecule has 23 heavy (non-hydrogen) atoms. The molecule has 7 nitrogen and oxygen atoms in total. The Morgan fingerprint density at radius 1 is 1.43 bits per heavy atom. The lowest BCUT2D eigenvalue weighted by molar-refractivity contribution is -0.385. The van der Waals surface area contributed by atoms with E-state index in [1.54, 1.807) is 40.2 Å². The van der Waals surface area contributed by atoms with Crippen LogP contribution in [0.5, 0.6) is 0 Å². The van der Waals surface area contributed by atoms with E-state index in [0.29, 0.717) is 17.7 Å². The molecule has 0 saturated heterocycles. The first-order chi connectivity index (χ1) is 11.1. The van der Waals surface area contributed by atoms with Crippen LogP contribution in [0.25, 0.3) is 0 Å². The van der Waals surface area contributed by atoms with Gasteiger partial charge in [-0.3, -0.25) is 19.6 Å². The van der Waals surface area contributed by atoms with Crippen molar-refractivity contribution in [2.24, 2.45) is 0 Å². The van der Waals surface area contributed by atoms with Crippen molar-refractivity contribution >= 4 is 11.6 Å². The van der Waals surface area contributed by atoms with Gasteiger partial charge in [-0.25, -0.2) is 0 Å². The number of rotatable bonds is 6. The number of amides is 1. The standard InChI is InChI=1S/C16H18N4O3/c1-2-18-10-13(9-17-18)16(21)19(14-7-8-14)11-12-5-3-4-6-15(12)20(22)23/h3-6,9-10,14H,2,7-8,11H2,1H3. The first-order valence-corrected chi connectivity index (χ1v) is 7.66. The van der Waals surface area contributed by atoms with Crippen LogP contribution < -0.4 is 0 Å². The monoisotopic (exact) mass is 314 g/mol. The highest BCUT2D eigenvalue weighted by atomic mass is 16.6. The lowest BCUT2D eigenvalue weighted by Gasteiger charge is -2.21. The van der Waals surface area contributed by atoms with E-state index >= 15 is 0 Å². The van der Waals surface area contributed by atoms with Gasteiger partial charge in [0, 0.05) is 30.4 Å². The van der Waals surface area contributed by atoms with Gasteiger partial charge in [0.25, 0.3) is 11.6 Å². The average Bonchev–Trinajstić information content (AvgIpc) is 3.28. The van der Waals surface area contributed by atoms with E-state index in [0.717, 1.165) is 12.8 Å². The fraction of sp³-hybridized carbons (Fsp3) is 0.375. The van der Waals surface area contributed by atoms with E-state index < -0.39 is 4.92 Å². The molecule has 7 heteroatoms. The molecular formula is C16H18N4O3. The van der Waals surface area contributed by atoms with Crippen LogP contribution in [0.2, 0.25) is 0 Å². The zero-order valence-electron chi connectivity index (χ0n) is 12.9. The van der Waals surface area contributed by atoms with Crippen LogP contribution in [0.1, 0.15) is 35.7 Å². The smallest absolute Gasteiger partial charge is 0.274 e. The minimum atomic E-state index is -0.403. The zero-order chi connectivity index (χ0) is 16.4. The molecule has 2 aromatic rings. The number of hydrogen-bond acceptors (Lipinski definition) is 4. The first kappa shape index (κ1) is 15.2. The first-order valence-electron chi connectivity index (χ1n) is 7.66. The summed E-state index contributed by atoms with van der Waals surface area (Å²) in [5, 5.41) is 15.3. The van der Waals surface area contributed by atoms with E-state index in [-0.39, 0.29) is 24.2 Å². The van der Waals surface area contributed by atoms with Crippen molar-refractivity contribution in [3.8, 4) is 0 Å². The number of aryl methyl sites for hydroxylation is 1. The number of carbonyl (C=O) groups excluding carboxylic acids is 1. The highest BCUT2D eigenvalue weighted by Gasteiger charge is 2.34. The molecule has 0 atom stereocenters. The Morgan fingerprint density at radius 3 is 2.78 bits per heavy atom. The van der Waals surface area contributed by atoms with Crippen LogP contribution in [-0.2, 0) is 13.1 Å². The zero-order valence-corrected chi connectivity index (χ0v) is 12.9. The number of nitro groups is 1. The largest absolute Gasteiger partial charge is 0.331 e. The highest BCUT2D eigenvalue weighted by Crippen LogP contribution is 2.31. The van der Waals surface area contributed by atoms with Gasteiger partial charge in [-0.1, -0.05) is 18.2 Å². The molecule has 0 unspecified atom stereocenters. The van der Waals surface area contributed by atoms with Gasteiger partial charge in [0.05, 0.1) is 23.2 Å². The molecule has 1 aromatic heterocycles. The quantitative estimate of drug-likeness (QED) is 0.606. The van der Waals surface area contributed by atoms with Gasteiger partial charge in [-0.05, 0) is 19.8 Å². The normalized spacial score (nSPS) is 13.8. The van der Waals surface area contributed by atoms with E-state index in [1.165, 1.54) is 6.07 Å². The van der Waals surface area contributed by atoms with Crippen molar-refractivity contribution in [2.45, 2.75) is 38.9 Å².